The molecule has 0 bridgehead atoms. The molecule has 0 saturated heterocycles. The smallest absolute Gasteiger partial charge is 0.287 e. The lowest BCUT2D eigenvalue weighted by molar-refractivity contribution is -0.120. The Labute approximate surface area is 75.9 Å². The van der Waals surface area contributed by atoms with E-state index >= 15 is 0 Å². The van der Waals surface area contributed by atoms with Gasteiger partial charge in [-0.3, -0.25) is 4.79 Å². The molecule has 0 radical (unpaired) electrons. The molecule has 0 unspecified atom stereocenters. The van der Waals surface area contributed by atoms with Crippen LogP contribution in [0.15, 0.2) is 23.8 Å². The maximum Gasteiger partial charge on any atom is 0.287 e. The molecule has 1 N–H and O–H groups in total. The van der Waals surface area contributed by atoms with Crippen molar-refractivity contribution in [2.24, 2.45) is 0 Å². The molecule has 0 aromatic rings. The minimum atomic E-state index is -0.165. The average molecular weight is 185 g/mol. The van der Waals surface area contributed by atoms with Crippen LogP contribution in [0.25, 0.3) is 0 Å². The van der Waals surface area contributed by atoms with Crippen LogP contribution in [0.3, 0.4) is 0 Å². The Bertz CT molecular complexity index is 213. The molecule has 4 heteroatoms. The number of ether oxygens (including phenoxy) is 1. The molecule has 3 nitrogen and oxygen atoms in total. The van der Waals surface area contributed by atoms with E-state index in [0.29, 0.717) is 18.9 Å². The van der Waals surface area contributed by atoms with Crippen molar-refractivity contribution in [1.29, 1.82) is 0 Å². The molecule has 66 valence electrons. The molecule has 0 fully saturated rings. The third-order valence-electron chi connectivity index (χ3n) is 1.28. The van der Waals surface area contributed by atoms with Crippen molar-refractivity contribution >= 4 is 17.7 Å². The summed E-state index contributed by atoms with van der Waals surface area (Å²) in [6, 6.07) is 0. The normalized spacial score (nSPS) is 15.8. The average Bonchev–Trinajstić information content (AvgIpc) is 2.15. The fraction of sp³-hybridized carbons (Fsp3) is 0.375. The Morgan fingerprint density at radius 1 is 1.92 bits per heavy atom. The second kappa shape index (κ2) is 4.87. The van der Waals surface area contributed by atoms with E-state index in [1.165, 1.54) is 0 Å². The van der Waals surface area contributed by atoms with Gasteiger partial charge in [0.25, 0.3) is 5.91 Å². The molecule has 0 aromatic carbocycles. The van der Waals surface area contributed by atoms with Gasteiger partial charge in [0.1, 0.15) is 0 Å². The van der Waals surface area contributed by atoms with Crippen LogP contribution in [0.4, 0.5) is 0 Å². The second-order valence-electron chi connectivity index (χ2n) is 2.20. The zero-order chi connectivity index (χ0) is 8.81. The highest BCUT2D eigenvalue weighted by Gasteiger charge is 2.12. The number of hydrogen-bond acceptors (Lipinski definition) is 3. The molecule has 0 atom stereocenters. The minimum Gasteiger partial charge on any atom is -0.487 e. The topological polar surface area (TPSA) is 38.3 Å². The van der Waals surface area contributed by atoms with Gasteiger partial charge in [-0.25, -0.2) is 0 Å². The number of carbonyl (C=O) groups is 1. The molecule has 0 aromatic heterocycles. The van der Waals surface area contributed by atoms with Gasteiger partial charge in [-0.2, -0.15) is 0 Å². The van der Waals surface area contributed by atoms with Gasteiger partial charge in [0.05, 0.1) is 6.61 Å². The van der Waals surface area contributed by atoms with Crippen LogP contribution >= 0.6 is 11.8 Å². The maximum atomic E-state index is 11.2. The van der Waals surface area contributed by atoms with Crippen LogP contribution in [0.1, 0.15) is 0 Å². The summed E-state index contributed by atoms with van der Waals surface area (Å²) in [6.45, 7) is 4.58. The Balaban J connectivity index is 2.39. The van der Waals surface area contributed by atoms with Crippen LogP contribution in [0.5, 0.6) is 0 Å². The van der Waals surface area contributed by atoms with E-state index in [0.717, 1.165) is 5.75 Å². The summed E-state index contributed by atoms with van der Waals surface area (Å²) in [7, 11) is 0. The van der Waals surface area contributed by atoms with Gasteiger partial charge in [-0.15, -0.1) is 18.3 Å². The minimum absolute atomic E-state index is 0.165. The highest BCUT2D eigenvalue weighted by Crippen LogP contribution is 2.14. The largest absolute Gasteiger partial charge is 0.487 e. The Morgan fingerprint density at radius 2 is 2.75 bits per heavy atom. The van der Waals surface area contributed by atoms with Gasteiger partial charge >= 0.3 is 0 Å². The van der Waals surface area contributed by atoms with Crippen LogP contribution in [-0.2, 0) is 9.53 Å². The summed E-state index contributed by atoms with van der Waals surface area (Å²) in [5.41, 5.74) is 0. The molecule has 1 amide bonds. The van der Waals surface area contributed by atoms with Crippen molar-refractivity contribution in [3.8, 4) is 0 Å². The lowest BCUT2D eigenvalue weighted by Crippen LogP contribution is -2.27. The number of rotatable bonds is 3. The van der Waals surface area contributed by atoms with E-state index in [9.17, 15) is 4.79 Å². The highest BCUT2D eigenvalue weighted by atomic mass is 32.2. The van der Waals surface area contributed by atoms with Crippen molar-refractivity contribution in [2.45, 2.75) is 0 Å². The summed E-state index contributed by atoms with van der Waals surface area (Å²) in [5.74, 6) is 1.16. The summed E-state index contributed by atoms with van der Waals surface area (Å²) >= 11 is 1.59. The summed E-state index contributed by atoms with van der Waals surface area (Å²) in [5, 5.41) is 4.38. The van der Waals surface area contributed by atoms with Crippen LogP contribution in [0.2, 0.25) is 0 Å². The summed E-state index contributed by atoms with van der Waals surface area (Å²) < 4.78 is 5.13. The molecule has 0 spiro atoms. The first kappa shape index (κ1) is 9.19. The predicted octanol–water partition coefficient (Wildman–Crippen LogP) is 0.893. The SMILES string of the molecule is C=CCNC(=O)C1=CSCCO1. The zero-order valence-corrected chi connectivity index (χ0v) is 7.52. The van der Waals surface area contributed by atoms with E-state index in [-0.39, 0.29) is 5.91 Å². The van der Waals surface area contributed by atoms with E-state index in [4.69, 9.17) is 4.74 Å². The van der Waals surface area contributed by atoms with E-state index < -0.39 is 0 Å². The third kappa shape index (κ3) is 2.62. The molecule has 1 heterocycles. The van der Waals surface area contributed by atoms with Gasteiger partial charge in [-0.1, -0.05) is 6.08 Å². The fourth-order valence-corrected chi connectivity index (χ4v) is 1.36. The van der Waals surface area contributed by atoms with E-state index in [2.05, 4.69) is 11.9 Å². The van der Waals surface area contributed by atoms with Gasteiger partial charge in [0, 0.05) is 17.7 Å². The van der Waals surface area contributed by atoms with Crippen molar-refractivity contribution in [3.05, 3.63) is 23.8 Å². The first-order valence-corrected chi connectivity index (χ1v) is 4.73. The maximum absolute atomic E-state index is 11.2. The van der Waals surface area contributed by atoms with Gasteiger partial charge in [-0.05, 0) is 0 Å². The molecule has 12 heavy (non-hydrogen) atoms. The standard InChI is InChI=1S/C8H11NO2S/c1-2-3-9-8(10)7-6-12-5-4-11-7/h2,6H,1,3-5H2,(H,9,10). The quantitative estimate of drug-likeness (QED) is 0.664. The monoisotopic (exact) mass is 185 g/mol. The fourth-order valence-electron chi connectivity index (χ4n) is 0.739. The highest BCUT2D eigenvalue weighted by molar-refractivity contribution is 8.02. The van der Waals surface area contributed by atoms with Crippen LogP contribution < -0.4 is 5.32 Å². The summed E-state index contributed by atoms with van der Waals surface area (Å²) in [6.07, 6.45) is 1.63. The van der Waals surface area contributed by atoms with Crippen molar-refractivity contribution < 1.29 is 9.53 Å². The first-order valence-electron chi connectivity index (χ1n) is 3.68. The summed E-state index contributed by atoms with van der Waals surface area (Å²) in [4.78, 5) is 11.2. The van der Waals surface area contributed by atoms with Crippen molar-refractivity contribution in [2.75, 3.05) is 18.9 Å². The number of thioether (sulfide) groups is 1. The molecule has 0 aliphatic carbocycles. The third-order valence-corrected chi connectivity index (χ3v) is 2.06. The second-order valence-corrected chi connectivity index (χ2v) is 3.18. The van der Waals surface area contributed by atoms with Crippen molar-refractivity contribution in [3.63, 3.8) is 0 Å². The van der Waals surface area contributed by atoms with E-state index in [1.54, 1.807) is 23.2 Å². The first-order chi connectivity index (χ1) is 5.84. The number of hydrogen-bond donors (Lipinski definition) is 1. The van der Waals surface area contributed by atoms with Gasteiger partial charge in [0.15, 0.2) is 5.76 Å². The molecule has 0 saturated carbocycles. The lowest BCUT2D eigenvalue weighted by Gasteiger charge is -2.13. The van der Waals surface area contributed by atoms with E-state index in [1.807, 2.05) is 0 Å². The predicted molar refractivity (Wildman–Crippen MR) is 49.7 cm³/mol. The molecule has 1 rings (SSSR count). The lowest BCUT2D eigenvalue weighted by atomic mass is 10.5. The van der Waals surface area contributed by atoms with Crippen LogP contribution in [0, 0.1) is 0 Å². The Morgan fingerprint density at radius 3 is 3.33 bits per heavy atom. The number of carbonyl (C=O) groups excluding carboxylic acids is 1. The van der Waals surface area contributed by atoms with Gasteiger partial charge < -0.3 is 10.1 Å². The zero-order valence-electron chi connectivity index (χ0n) is 6.71. The van der Waals surface area contributed by atoms with Gasteiger partial charge in [0.2, 0.25) is 0 Å². The Hall–Kier alpha value is -0.900. The number of amides is 1. The number of nitrogens with one attached hydrogen (secondary N) is 1. The molecular weight excluding hydrogens is 174 g/mol. The molecular formula is C8H11NO2S. The van der Waals surface area contributed by atoms with Crippen LogP contribution in [-0.4, -0.2) is 24.8 Å². The van der Waals surface area contributed by atoms with Crippen molar-refractivity contribution in [1.82, 2.24) is 5.32 Å². The molecule has 1 aliphatic rings. The molecule has 1 aliphatic heterocycles. The Kier molecular flexibility index (Phi) is 3.73.